The van der Waals surface area contributed by atoms with E-state index in [4.69, 9.17) is 14.7 Å². The number of nitriles is 1. The Balaban J connectivity index is 0.00000158. The molecule has 0 spiro atoms. The molecule has 8 nitrogen and oxygen atoms in total. The molecule has 6 rings (SSSR count). The summed E-state index contributed by atoms with van der Waals surface area (Å²) in [5.41, 5.74) is 2.03. The molecule has 0 atom stereocenters. The fourth-order valence-corrected chi connectivity index (χ4v) is 4.57. The van der Waals surface area contributed by atoms with Gasteiger partial charge in [-0.15, -0.1) is 0 Å². The van der Waals surface area contributed by atoms with E-state index in [1.54, 1.807) is 47.4 Å². The molecule has 2 aromatic carbocycles. The highest BCUT2D eigenvalue weighted by atomic mass is 19.1. The van der Waals surface area contributed by atoms with Crippen molar-refractivity contribution in [1.29, 1.82) is 5.26 Å². The molecule has 2 fully saturated rings. The minimum atomic E-state index is -0.614. The lowest BCUT2D eigenvalue weighted by Crippen LogP contribution is -2.49. The van der Waals surface area contributed by atoms with Crippen molar-refractivity contribution in [2.75, 3.05) is 31.1 Å². The van der Waals surface area contributed by atoms with Gasteiger partial charge >= 0.3 is 5.97 Å². The van der Waals surface area contributed by atoms with Gasteiger partial charge < -0.3 is 19.3 Å². The number of amides is 1. The number of carbonyl (C=O) groups is 2. The Labute approximate surface area is 232 Å². The Morgan fingerprint density at radius 2 is 1.85 bits per heavy atom. The molecule has 2 aliphatic heterocycles. The maximum absolute atomic E-state index is 14.8. The zero-order valence-electron chi connectivity index (χ0n) is 22.4. The first kappa shape index (κ1) is 26.9. The first-order chi connectivity index (χ1) is 19.5. The summed E-state index contributed by atoms with van der Waals surface area (Å²) in [4.78, 5) is 33.5. The molecule has 0 unspecified atom stereocenters. The van der Waals surface area contributed by atoms with Crippen LogP contribution in [0.5, 0.6) is 5.75 Å². The SMILES string of the molecule is CC.N#Cc1ccc(N2CCN(C(=O)c3cc(/C=C4\OC(=O)c5ccc(OC6CC6)cc54)ccc3F)CC2)nc1. The summed E-state index contributed by atoms with van der Waals surface area (Å²) in [6.07, 6.45) is 5.40. The number of anilines is 1. The molecule has 1 aromatic heterocycles. The van der Waals surface area contributed by atoms with Crippen molar-refractivity contribution in [3.63, 3.8) is 0 Å². The molecule has 1 amide bonds. The van der Waals surface area contributed by atoms with Crippen molar-refractivity contribution in [2.24, 2.45) is 0 Å². The van der Waals surface area contributed by atoms with Crippen LogP contribution < -0.4 is 9.64 Å². The van der Waals surface area contributed by atoms with E-state index in [1.807, 2.05) is 24.8 Å². The van der Waals surface area contributed by atoms with Gasteiger partial charge in [-0.05, 0) is 66.9 Å². The molecule has 1 saturated carbocycles. The number of esters is 1. The van der Waals surface area contributed by atoms with Crippen LogP contribution in [-0.4, -0.2) is 54.0 Å². The van der Waals surface area contributed by atoms with Crippen LogP contribution in [0.25, 0.3) is 11.8 Å². The van der Waals surface area contributed by atoms with Crippen molar-refractivity contribution in [2.45, 2.75) is 32.8 Å². The third kappa shape index (κ3) is 5.66. The number of halogens is 1. The molecule has 0 bridgehead atoms. The quantitative estimate of drug-likeness (QED) is 0.406. The number of hydrogen-bond acceptors (Lipinski definition) is 7. The van der Waals surface area contributed by atoms with Gasteiger partial charge in [0.2, 0.25) is 0 Å². The Morgan fingerprint density at radius 3 is 2.52 bits per heavy atom. The van der Waals surface area contributed by atoms with Gasteiger partial charge in [0, 0.05) is 37.9 Å². The van der Waals surface area contributed by atoms with Gasteiger partial charge in [-0.2, -0.15) is 5.26 Å². The summed E-state index contributed by atoms with van der Waals surface area (Å²) in [6, 6.07) is 15.0. The van der Waals surface area contributed by atoms with Crippen LogP contribution in [0.2, 0.25) is 0 Å². The van der Waals surface area contributed by atoms with E-state index in [0.29, 0.717) is 59.9 Å². The number of nitrogens with zero attached hydrogens (tertiary/aromatic N) is 4. The fraction of sp³-hybridized carbons (Fsp3) is 0.290. The van der Waals surface area contributed by atoms with E-state index >= 15 is 0 Å². The van der Waals surface area contributed by atoms with Crippen LogP contribution in [0.4, 0.5) is 10.2 Å². The second-order valence-corrected chi connectivity index (χ2v) is 9.46. The molecule has 1 saturated heterocycles. The summed E-state index contributed by atoms with van der Waals surface area (Å²) in [5.74, 6) is 0.252. The van der Waals surface area contributed by atoms with Crippen molar-refractivity contribution in [1.82, 2.24) is 9.88 Å². The Kier molecular flexibility index (Phi) is 7.78. The predicted octanol–water partition coefficient (Wildman–Crippen LogP) is 5.29. The van der Waals surface area contributed by atoms with Crippen LogP contribution in [0.1, 0.15) is 64.1 Å². The summed E-state index contributed by atoms with van der Waals surface area (Å²) < 4.78 is 26.1. The van der Waals surface area contributed by atoms with E-state index in [-0.39, 0.29) is 11.7 Å². The van der Waals surface area contributed by atoms with Crippen LogP contribution in [0, 0.1) is 17.1 Å². The molecule has 0 N–H and O–H groups in total. The molecular formula is C31H29FN4O4. The van der Waals surface area contributed by atoms with Gasteiger partial charge in [0.15, 0.2) is 0 Å². The maximum Gasteiger partial charge on any atom is 0.344 e. The number of ether oxygens (including phenoxy) is 2. The van der Waals surface area contributed by atoms with Crippen molar-refractivity contribution >= 4 is 29.5 Å². The lowest BCUT2D eigenvalue weighted by Gasteiger charge is -2.35. The summed E-state index contributed by atoms with van der Waals surface area (Å²) in [6.45, 7) is 5.88. The molecule has 3 heterocycles. The standard InChI is InChI=1S/C29H23FN4O4.C2H6/c30-25-7-1-18(14-26-23-15-21(37-20-3-4-20)5-6-22(23)29(36)38-26)13-24(25)28(35)34-11-9-33(10-12-34)27-8-2-19(16-31)17-32-27;1-2/h1-2,5-8,13-15,17,20H,3-4,9-12H2;1-2H3/b26-14-;. The number of hydrogen-bond donors (Lipinski definition) is 0. The third-order valence-corrected chi connectivity index (χ3v) is 6.79. The second-order valence-electron chi connectivity index (χ2n) is 9.46. The molecule has 3 aliphatic rings. The number of aromatic nitrogens is 1. The highest BCUT2D eigenvalue weighted by Gasteiger charge is 2.30. The maximum atomic E-state index is 14.8. The summed E-state index contributed by atoms with van der Waals surface area (Å²) in [7, 11) is 0. The highest BCUT2D eigenvalue weighted by molar-refractivity contribution is 6.06. The second kappa shape index (κ2) is 11.6. The number of fused-ring (bicyclic) bond motifs is 1. The third-order valence-electron chi connectivity index (χ3n) is 6.79. The van der Waals surface area contributed by atoms with E-state index in [2.05, 4.69) is 4.98 Å². The van der Waals surface area contributed by atoms with Crippen LogP contribution in [-0.2, 0) is 4.74 Å². The van der Waals surface area contributed by atoms with Crippen molar-refractivity contribution in [3.8, 4) is 11.8 Å². The first-order valence-corrected chi connectivity index (χ1v) is 13.4. The van der Waals surface area contributed by atoms with E-state index < -0.39 is 17.7 Å². The Hall–Kier alpha value is -4.71. The molecule has 40 heavy (non-hydrogen) atoms. The average Bonchev–Trinajstić information content (AvgIpc) is 3.77. The topological polar surface area (TPSA) is 95.8 Å². The average molecular weight is 541 g/mol. The van der Waals surface area contributed by atoms with Gasteiger partial charge in [-0.1, -0.05) is 19.9 Å². The van der Waals surface area contributed by atoms with Gasteiger partial charge in [-0.3, -0.25) is 4.79 Å². The number of pyridine rings is 1. The van der Waals surface area contributed by atoms with E-state index in [1.165, 1.54) is 18.3 Å². The largest absolute Gasteiger partial charge is 0.490 e. The number of benzene rings is 2. The van der Waals surface area contributed by atoms with Crippen LogP contribution in [0.3, 0.4) is 0 Å². The van der Waals surface area contributed by atoms with E-state index in [9.17, 15) is 14.0 Å². The zero-order valence-corrected chi connectivity index (χ0v) is 22.4. The smallest absolute Gasteiger partial charge is 0.344 e. The zero-order chi connectivity index (χ0) is 28.2. The Bertz CT molecular complexity index is 1500. The lowest BCUT2D eigenvalue weighted by molar-refractivity contribution is 0.0714. The summed E-state index contributed by atoms with van der Waals surface area (Å²) in [5, 5.41) is 8.95. The summed E-state index contributed by atoms with van der Waals surface area (Å²) >= 11 is 0. The van der Waals surface area contributed by atoms with Gasteiger partial charge in [0.05, 0.1) is 22.8 Å². The molecule has 1 aliphatic carbocycles. The Morgan fingerprint density at radius 1 is 1.07 bits per heavy atom. The van der Waals surface area contributed by atoms with Crippen molar-refractivity contribution < 1.29 is 23.5 Å². The number of cyclic esters (lactones) is 1. The van der Waals surface area contributed by atoms with Gasteiger partial charge in [0.1, 0.15) is 29.2 Å². The van der Waals surface area contributed by atoms with Gasteiger partial charge in [-0.25, -0.2) is 14.2 Å². The van der Waals surface area contributed by atoms with Crippen LogP contribution >= 0.6 is 0 Å². The molecule has 204 valence electrons. The molecular weight excluding hydrogens is 511 g/mol. The van der Waals surface area contributed by atoms with Crippen molar-refractivity contribution in [3.05, 3.63) is 88.4 Å². The normalized spacial score (nSPS) is 16.9. The van der Waals surface area contributed by atoms with Crippen LogP contribution in [0.15, 0.2) is 54.7 Å². The first-order valence-electron chi connectivity index (χ1n) is 13.4. The lowest BCUT2D eigenvalue weighted by atomic mass is 10.0. The highest BCUT2D eigenvalue weighted by Crippen LogP contribution is 2.36. The minimum Gasteiger partial charge on any atom is -0.490 e. The molecule has 0 radical (unpaired) electrons. The predicted molar refractivity (Wildman–Crippen MR) is 148 cm³/mol. The minimum absolute atomic E-state index is 0.0420. The van der Waals surface area contributed by atoms with E-state index in [0.717, 1.165) is 18.7 Å². The number of piperazine rings is 1. The number of rotatable bonds is 5. The van der Waals surface area contributed by atoms with Gasteiger partial charge in [0.25, 0.3) is 5.91 Å². The molecule has 9 heteroatoms. The number of carbonyl (C=O) groups excluding carboxylic acids is 2. The molecule has 3 aromatic rings. The monoisotopic (exact) mass is 540 g/mol. The fourth-order valence-electron chi connectivity index (χ4n) is 4.57.